The lowest BCUT2D eigenvalue weighted by Crippen LogP contribution is -2.42. The second-order valence-electron chi connectivity index (χ2n) is 8.47. The summed E-state index contributed by atoms with van der Waals surface area (Å²) in [7, 11) is 0. The van der Waals surface area contributed by atoms with Crippen LogP contribution < -0.4 is 21.1 Å². The SMILES string of the molecule is O=C(O)NCC(CC1CCCC1)C(=O)NNc1nc(CF)nc(N2C=CN3C=COCC3=C2)c1F. The average Bonchev–Trinajstić information content (AvgIpc) is 3.38. The van der Waals surface area contributed by atoms with E-state index in [0.717, 1.165) is 25.7 Å². The molecule has 3 aliphatic rings. The molecule has 1 unspecified atom stereocenters. The number of amides is 2. The Morgan fingerprint density at radius 2 is 1.97 bits per heavy atom. The predicted octanol–water partition coefficient (Wildman–Crippen LogP) is 2.93. The molecule has 35 heavy (non-hydrogen) atoms. The van der Waals surface area contributed by atoms with E-state index in [1.54, 1.807) is 29.7 Å². The van der Waals surface area contributed by atoms with Crippen molar-refractivity contribution in [3.8, 4) is 0 Å². The molecule has 4 N–H and O–H groups in total. The summed E-state index contributed by atoms with van der Waals surface area (Å²) in [6, 6.07) is 0. The monoisotopic (exact) mass is 491 g/mol. The summed E-state index contributed by atoms with van der Waals surface area (Å²) in [5.41, 5.74) is 5.54. The number of hydrogen-bond acceptors (Lipinski definition) is 8. The molecule has 3 heterocycles. The molecule has 0 aromatic carbocycles. The van der Waals surface area contributed by atoms with Gasteiger partial charge in [0.2, 0.25) is 11.7 Å². The predicted molar refractivity (Wildman–Crippen MR) is 121 cm³/mol. The highest BCUT2D eigenvalue weighted by molar-refractivity contribution is 5.80. The van der Waals surface area contributed by atoms with Crippen LogP contribution in [0.1, 0.15) is 37.9 Å². The van der Waals surface area contributed by atoms with Crippen molar-refractivity contribution in [2.45, 2.75) is 38.8 Å². The lowest BCUT2D eigenvalue weighted by molar-refractivity contribution is -0.124. The van der Waals surface area contributed by atoms with E-state index in [1.807, 2.05) is 0 Å². The van der Waals surface area contributed by atoms with Gasteiger partial charge < -0.3 is 25.0 Å². The molecule has 1 aromatic rings. The van der Waals surface area contributed by atoms with Gasteiger partial charge in [0.05, 0.1) is 11.6 Å². The third-order valence-corrected chi connectivity index (χ3v) is 6.07. The number of ether oxygens (including phenoxy) is 1. The second-order valence-corrected chi connectivity index (χ2v) is 8.47. The lowest BCUT2D eigenvalue weighted by Gasteiger charge is -2.30. The molecule has 0 radical (unpaired) electrons. The van der Waals surface area contributed by atoms with Crippen molar-refractivity contribution in [2.75, 3.05) is 23.5 Å². The summed E-state index contributed by atoms with van der Waals surface area (Å²) in [4.78, 5) is 34.7. The summed E-state index contributed by atoms with van der Waals surface area (Å²) in [5.74, 6) is -2.66. The van der Waals surface area contributed by atoms with Gasteiger partial charge in [0, 0.05) is 31.3 Å². The Balaban J connectivity index is 1.49. The van der Waals surface area contributed by atoms with Gasteiger partial charge in [0.25, 0.3) is 0 Å². The molecule has 188 valence electrons. The zero-order valence-corrected chi connectivity index (χ0v) is 18.9. The van der Waals surface area contributed by atoms with Gasteiger partial charge in [0.1, 0.15) is 19.5 Å². The summed E-state index contributed by atoms with van der Waals surface area (Å²) in [5, 5.41) is 11.2. The van der Waals surface area contributed by atoms with E-state index < -0.39 is 36.2 Å². The Morgan fingerprint density at radius 1 is 1.20 bits per heavy atom. The van der Waals surface area contributed by atoms with Crippen LogP contribution in [0.2, 0.25) is 0 Å². The van der Waals surface area contributed by atoms with Crippen molar-refractivity contribution in [1.29, 1.82) is 0 Å². The van der Waals surface area contributed by atoms with Crippen molar-refractivity contribution >= 4 is 23.6 Å². The van der Waals surface area contributed by atoms with E-state index in [1.165, 1.54) is 11.2 Å². The molecule has 1 fully saturated rings. The number of carboxylic acid groups (broad SMARTS) is 1. The highest BCUT2D eigenvalue weighted by atomic mass is 19.1. The van der Waals surface area contributed by atoms with Gasteiger partial charge in [-0.05, 0) is 12.3 Å². The standard InChI is InChI=1S/C22H27F2N7O4/c23-10-17-26-19(18(24)20(27-17)31-6-5-30-7-8-35-13-16(30)12-31)28-29-21(32)15(11-25-22(33)34)9-14-3-1-2-4-14/h5-8,12,14-15,25H,1-4,9-11,13H2,(H,29,32)(H,33,34)(H,26,27,28). The molecule has 2 amide bonds. The average molecular weight is 491 g/mol. The van der Waals surface area contributed by atoms with Gasteiger partial charge in [-0.3, -0.25) is 15.6 Å². The van der Waals surface area contributed by atoms with Gasteiger partial charge in [-0.1, -0.05) is 25.7 Å². The molecule has 1 aliphatic carbocycles. The normalized spacial score (nSPS) is 17.9. The fourth-order valence-electron chi connectivity index (χ4n) is 4.30. The molecule has 4 rings (SSSR count). The van der Waals surface area contributed by atoms with Crippen LogP contribution in [0.3, 0.4) is 0 Å². The fraction of sp³-hybridized carbons (Fsp3) is 0.455. The molecular formula is C22H27F2N7O4. The molecule has 2 aliphatic heterocycles. The van der Waals surface area contributed by atoms with Crippen molar-refractivity contribution in [3.05, 3.63) is 48.4 Å². The van der Waals surface area contributed by atoms with Gasteiger partial charge in [-0.25, -0.2) is 19.2 Å². The number of hydrogen-bond donors (Lipinski definition) is 4. The number of fused-ring (bicyclic) bond motifs is 1. The zero-order valence-electron chi connectivity index (χ0n) is 18.9. The van der Waals surface area contributed by atoms with E-state index in [2.05, 4.69) is 26.1 Å². The number of carbonyl (C=O) groups excluding carboxylic acids is 1. The quantitative estimate of drug-likeness (QED) is 0.385. The Hall–Kier alpha value is -3.90. The fourth-order valence-corrected chi connectivity index (χ4v) is 4.30. The number of alkyl halides is 1. The Morgan fingerprint density at radius 3 is 2.71 bits per heavy atom. The van der Waals surface area contributed by atoms with Crippen LogP contribution >= 0.6 is 0 Å². The maximum atomic E-state index is 15.3. The molecule has 0 spiro atoms. The minimum Gasteiger partial charge on any atom is -0.493 e. The van der Waals surface area contributed by atoms with E-state index >= 15 is 4.39 Å². The van der Waals surface area contributed by atoms with Crippen LogP contribution in [0, 0.1) is 17.7 Å². The Labute approximate surface area is 200 Å². The van der Waals surface area contributed by atoms with Gasteiger partial charge >= 0.3 is 6.09 Å². The van der Waals surface area contributed by atoms with Crippen molar-refractivity contribution in [1.82, 2.24) is 25.6 Å². The minimum absolute atomic E-state index is 0.0776. The second kappa shape index (κ2) is 11.0. The molecule has 1 aromatic heterocycles. The van der Waals surface area contributed by atoms with Crippen LogP contribution in [0.25, 0.3) is 0 Å². The number of nitrogens with one attached hydrogen (secondary N) is 3. The van der Waals surface area contributed by atoms with Crippen molar-refractivity contribution in [3.63, 3.8) is 0 Å². The first-order valence-corrected chi connectivity index (χ1v) is 11.3. The Bertz CT molecular complexity index is 1040. The van der Waals surface area contributed by atoms with Crippen molar-refractivity contribution < 1.29 is 28.2 Å². The lowest BCUT2D eigenvalue weighted by atomic mass is 9.92. The third kappa shape index (κ3) is 5.97. The van der Waals surface area contributed by atoms with Crippen LogP contribution in [0.4, 0.5) is 25.2 Å². The van der Waals surface area contributed by atoms with Gasteiger partial charge in [0.15, 0.2) is 17.5 Å². The molecule has 13 heteroatoms. The number of nitrogens with zero attached hydrogens (tertiary/aromatic N) is 4. The molecule has 1 saturated carbocycles. The molecule has 0 saturated heterocycles. The molecule has 1 atom stereocenters. The van der Waals surface area contributed by atoms with Crippen LogP contribution in [-0.2, 0) is 16.2 Å². The zero-order chi connectivity index (χ0) is 24.8. The maximum Gasteiger partial charge on any atom is 0.404 e. The number of rotatable bonds is 9. The van der Waals surface area contributed by atoms with E-state index in [0.29, 0.717) is 18.0 Å². The molecular weight excluding hydrogens is 464 g/mol. The first kappa shape index (κ1) is 24.2. The van der Waals surface area contributed by atoms with Gasteiger partial charge in [-0.2, -0.15) is 4.39 Å². The summed E-state index contributed by atoms with van der Waals surface area (Å²) >= 11 is 0. The van der Waals surface area contributed by atoms with E-state index in [4.69, 9.17) is 9.84 Å². The van der Waals surface area contributed by atoms with E-state index in [-0.39, 0.29) is 24.8 Å². The van der Waals surface area contributed by atoms with Crippen LogP contribution in [-0.4, -0.2) is 45.1 Å². The van der Waals surface area contributed by atoms with Crippen LogP contribution in [0.15, 0.2) is 36.8 Å². The first-order chi connectivity index (χ1) is 16.9. The minimum atomic E-state index is -1.23. The van der Waals surface area contributed by atoms with Crippen molar-refractivity contribution in [2.24, 2.45) is 11.8 Å². The topological polar surface area (TPSA) is 132 Å². The maximum absolute atomic E-state index is 15.3. The smallest absolute Gasteiger partial charge is 0.404 e. The number of carbonyl (C=O) groups is 2. The number of hydrazine groups is 1. The number of anilines is 2. The Kier molecular flexibility index (Phi) is 7.63. The highest BCUT2D eigenvalue weighted by Gasteiger charge is 2.27. The van der Waals surface area contributed by atoms with E-state index in [9.17, 15) is 14.0 Å². The van der Waals surface area contributed by atoms with Gasteiger partial charge in [-0.15, -0.1) is 0 Å². The first-order valence-electron chi connectivity index (χ1n) is 11.3. The largest absolute Gasteiger partial charge is 0.493 e. The third-order valence-electron chi connectivity index (χ3n) is 6.07. The summed E-state index contributed by atoms with van der Waals surface area (Å²) in [6.45, 7) is -0.867. The molecule has 11 nitrogen and oxygen atoms in total. The highest BCUT2D eigenvalue weighted by Crippen LogP contribution is 2.31. The molecule has 0 bridgehead atoms. The van der Waals surface area contributed by atoms with Crippen LogP contribution in [0.5, 0.6) is 0 Å². The number of aromatic nitrogens is 2. The summed E-state index contributed by atoms with van der Waals surface area (Å²) < 4.78 is 34.0. The number of halogens is 2. The summed E-state index contributed by atoms with van der Waals surface area (Å²) in [6.07, 6.45) is 11.4.